The van der Waals surface area contributed by atoms with Gasteiger partial charge in [-0.05, 0) is 44.0 Å². The summed E-state index contributed by atoms with van der Waals surface area (Å²) < 4.78 is 11.2. The van der Waals surface area contributed by atoms with E-state index >= 15 is 0 Å². The molecular formula is C16H23NO2. The number of hydrogen-bond acceptors (Lipinski definition) is 3. The summed E-state index contributed by atoms with van der Waals surface area (Å²) in [7, 11) is 1.65. The molecule has 0 aromatic heterocycles. The van der Waals surface area contributed by atoms with Crippen LogP contribution in [0.4, 0.5) is 0 Å². The Morgan fingerprint density at radius 2 is 2.05 bits per heavy atom. The van der Waals surface area contributed by atoms with E-state index in [1.807, 2.05) is 18.2 Å². The molecule has 0 fully saturated rings. The summed E-state index contributed by atoms with van der Waals surface area (Å²) in [6.45, 7) is 7.15. The maximum absolute atomic E-state index is 5.93. The van der Waals surface area contributed by atoms with E-state index in [9.17, 15) is 0 Å². The molecule has 1 aromatic carbocycles. The second kappa shape index (κ2) is 7.18. The first kappa shape index (κ1) is 15.6. The molecule has 0 aliphatic rings. The smallest absolute Gasteiger partial charge is 0.119 e. The Morgan fingerprint density at radius 1 is 1.32 bits per heavy atom. The summed E-state index contributed by atoms with van der Waals surface area (Å²) in [5.41, 5.74) is 7.25. The zero-order chi connectivity index (χ0) is 14.3. The van der Waals surface area contributed by atoms with Crippen LogP contribution in [-0.2, 0) is 11.3 Å². The lowest BCUT2D eigenvalue weighted by atomic mass is 10.1. The van der Waals surface area contributed by atoms with Crippen LogP contribution >= 0.6 is 0 Å². The third-order valence-electron chi connectivity index (χ3n) is 3.11. The van der Waals surface area contributed by atoms with Crippen LogP contribution in [-0.4, -0.2) is 19.3 Å². The van der Waals surface area contributed by atoms with Crippen molar-refractivity contribution in [3.05, 3.63) is 29.3 Å². The highest BCUT2D eigenvalue weighted by Gasteiger charge is 2.16. The molecule has 0 aliphatic carbocycles. The van der Waals surface area contributed by atoms with Crippen molar-refractivity contribution in [2.75, 3.05) is 13.7 Å². The molecule has 0 amide bonds. The lowest BCUT2D eigenvalue weighted by Crippen LogP contribution is -2.22. The highest BCUT2D eigenvalue weighted by atomic mass is 16.5. The quantitative estimate of drug-likeness (QED) is 0.829. The number of methoxy groups -OCH3 is 1. The normalized spacial score (nSPS) is 10.8. The van der Waals surface area contributed by atoms with Gasteiger partial charge in [0.05, 0.1) is 25.9 Å². The van der Waals surface area contributed by atoms with Crippen molar-refractivity contribution >= 4 is 0 Å². The van der Waals surface area contributed by atoms with Crippen LogP contribution in [0.5, 0.6) is 5.75 Å². The molecule has 0 atom stereocenters. The second-order valence-corrected chi connectivity index (χ2v) is 4.93. The van der Waals surface area contributed by atoms with E-state index in [-0.39, 0.29) is 5.60 Å². The summed E-state index contributed by atoms with van der Waals surface area (Å²) in [6, 6.07) is 5.81. The number of ether oxygens (including phenoxy) is 2. The van der Waals surface area contributed by atoms with Gasteiger partial charge in [0.1, 0.15) is 5.75 Å². The number of hydrogen-bond donors (Lipinski definition) is 1. The molecule has 3 nitrogen and oxygen atoms in total. The average Bonchev–Trinajstić information content (AvgIpc) is 2.43. The molecule has 0 aliphatic heterocycles. The number of rotatable bonds is 5. The Hall–Kier alpha value is -1.50. The van der Waals surface area contributed by atoms with Crippen LogP contribution in [0.15, 0.2) is 18.2 Å². The fourth-order valence-electron chi connectivity index (χ4n) is 1.46. The molecule has 19 heavy (non-hydrogen) atoms. The third kappa shape index (κ3) is 4.94. The molecule has 0 spiro atoms. The highest BCUT2D eigenvalue weighted by Crippen LogP contribution is 2.21. The lowest BCUT2D eigenvalue weighted by molar-refractivity contribution is -0.0317. The molecule has 0 saturated carbocycles. The minimum absolute atomic E-state index is 0.137. The fraction of sp³-hybridized carbons (Fsp3) is 0.500. The van der Waals surface area contributed by atoms with Gasteiger partial charge in [-0.25, -0.2) is 0 Å². The van der Waals surface area contributed by atoms with Crippen molar-refractivity contribution in [3.8, 4) is 17.6 Å². The van der Waals surface area contributed by atoms with Gasteiger partial charge in [-0.15, -0.1) is 0 Å². The topological polar surface area (TPSA) is 44.5 Å². The molecule has 0 bridgehead atoms. The maximum Gasteiger partial charge on any atom is 0.119 e. The van der Waals surface area contributed by atoms with Gasteiger partial charge in [-0.3, -0.25) is 0 Å². The largest absolute Gasteiger partial charge is 0.497 e. The Labute approximate surface area is 116 Å². The molecule has 1 aromatic rings. The van der Waals surface area contributed by atoms with E-state index in [1.165, 1.54) is 0 Å². The first-order valence-corrected chi connectivity index (χ1v) is 6.52. The van der Waals surface area contributed by atoms with E-state index in [0.29, 0.717) is 13.2 Å². The predicted octanol–water partition coefficient (Wildman–Crippen LogP) is 2.71. The Balaban J connectivity index is 2.94. The second-order valence-electron chi connectivity index (χ2n) is 4.93. The van der Waals surface area contributed by atoms with E-state index in [2.05, 4.69) is 32.6 Å². The highest BCUT2D eigenvalue weighted by molar-refractivity contribution is 5.45. The summed E-state index contributed by atoms with van der Waals surface area (Å²) in [4.78, 5) is 0. The van der Waals surface area contributed by atoms with E-state index in [4.69, 9.17) is 15.2 Å². The zero-order valence-corrected chi connectivity index (χ0v) is 12.2. The van der Waals surface area contributed by atoms with Crippen molar-refractivity contribution in [2.24, 2.45) is 5.73 Å². The van der Waals surface area contributed by atoms with Crippen molar-refractivity contribution < 1.29 is 9.47 Å². The van der Waals surface area contributed by atoms with Crippen LogP contribution in [0, 0.1) is 11.8 Å². The fourth-order valence-corrected chi connectivity index (χ4v) is 1.46. The number of benzene rings is 1. The monoisotopic (exact) mass is 261 g/mol. The first-order chi connectivity index (χ1) is 9.02. The minimum Gasteiger partial charge on any atom is -0.497 e. The van der Waals surface area contributed by atoms with Crippen LogP contribution < -0.4 is 10.5 Å². The summed E-state index contributed by atoms with van der Waals surface area (Å²) >= 11 is 0. The van der Waals surface area contributed by atoms with Crippen LogP contribution in [0.2, 0.25) is 0 Å². The molecule has 0 unspecified atom stereocenters. The van der Waals surface area contributed by atoms with Crippen molar-refractivity contribution in [1.29, 1.82) is 0 Å². The van der Waals surface area contributed by atoms with Gasteiger partial charge in [0.25, 0.3) is 0 Å². The molecule has 2 N–H and O–H groups in total. The van der Waals surface area contributed by atoms with Gasteiger partial charge in [0, 0.05) is 5.56 Å². The van der Waals surface area contributed by atoms with Crippen LogP contribution in [0.1, 0.15) is 38.3 Å². The zero-order valence-electron chi connectivity index (χ0n) is 12.2. The molecule has 0 saturated heterocycles. The Kier molecular flexibility index (Phi) is 5.88. The van der Waals surface area contributed by atoms with Gasteiger partial charge >= 0.3 is 0 Å². The van der Waals surface area contributed by atoms with E-state index in [0.717, 1.165) is 23.3 Å². The van der Waals surface area contributed by atoms with Crippen molar-refractivity contribution in [2.45, 2.75) is 39.4 Å². The molecule has 3 heteroatoms. The van der Waals surface area contributed by atoms with Gasteiger partial charge in [-0.1, -0.05) is 18.8 Å². The number of nitrogens with two attached hydrogens (primary N) is 1. The van der Waals surface area contributed by atoms with Crippen molar-refractivity contribution in [3.63, 3.8) is 0 Å². The molecular weight excluding hydrogens is 238 g/mol. The van der Waals surface area contributed by atoms with Crippen molar-refractivity contribution in [1.82, 2.24) is 0 Å². The maximum atomic E-state index is 5.93. The standard InChI is InChI=1S/C16H23NO2/c1-5-16(2,3)19-12-14-11-15(18-4)9-8-13(14)7-6-10-17/h8-9,11H,5,10,12,17H2,1-4H3. The van der Waals surface area contributed by atoms with Gasteiger partial charge in [-0.2, -0.15) is 0 Å². The van der Waals surface area contributed by atoms with Gasteiger partial charge < -0.3 is 15.2 Å². The SMILES string of the molecule is CCC(C)(C)OCc1cc(OC)ccc1C#CCN. The molecule has 104 valence electrons. The van der Waals surface area contributed by atoms with E-state index in [1.54, 1.807) is 7.11 Å². The first-order valence-electron chi connectivity index (χ1n) is 6.52. The van der Waals surface area contributed by atoms with Crippen LogP contribution in [0.25, 0.3) is 0 Å². The summed E-state index contributed by atoms with van der Waals surface area (Å²) in [5.74, 6) is 6.75. The molecule has 0 radical (unpaired) electrons. The summed E-state index contributed by atoms with van der Waals surface area (Å²) in [6.07, 6.45) is 0.959. The minimum atomic E-state index is -0.137. The third-order valence-corrected chi connectivity index (χ3v) is 3.11. The molecule has 0 heterocycles. The lowest BCUT2D eigenvalue weighted by Gasteiger charge is -2.24. The van der Waals surface area contributed by atoms with Gasteiger partial charge in [0.15, 0.2) is 0 Å². The Bertz CT molecular complexity index is 469. The van der Waals surface area contributed by atoms with E-state index < -0.39 is 0 Å². The van der Waals surface area contributed by atoms with Gasteiger partial charge in [0.2, 0.25) is 0 Å². The summed E-state index contributed by atoms with van der Waals surface area (Å²) in [5, 5.41) is 0. The van der Waals surface area contributed by atoms with Crippen LogP contribution in [0.3, 0.4) is 0 Å². The Morgan fingerprint density at radius 3 is 2.63 bits per heavy atom. The average molecular weight is 261 g/mol. The predicted molar refractivity (Wildman–Crippen MR) is 78.1 cm³/mol. The molecule has 1 rings (SSSR count).